The van der Waals surface area contributed by atoms with Crippen molar-refractivity contribution in [2.45, 2.75) is 48.8 Å². The van der Waals surface area contributed by atoms with Crippen molar-refractivity contribution in [3.63, 3.8) is 0 Å². The second-order valence-corrected chi connectivity index (χ2v) is 7.90. The number of carbonyl (C=O) groups is 2. The first kappa shape index (κ1) is 29.0. The molecular weight excluding hydrogens is 504 g/mol. The van der Waals surface area contributed by atoms with Crippen LogP contribution >= 0.6 is 15.9 Å². The third kappa shape index (κ3) is 8.34. The van der Waals surface area contributed by atoms with Gasteiger partial charge in [0.2, 0.25) is 0 Å². The van der Waals surface area contributed by atoms with Crippen LogP contribution in [0.3, 0.4) is 0 Å². The minimum absolute atomic E-state index is 0.131. The van der Waals surface area contributed by atoms with Gasteiger partial charge in [-0.15, -0.1) is 0 Å². The second-order valence-electron chi connectivity index (χ2n) is 7.04. The minimum Gasteiger partial charge on any atom is -0.387 e. The summed E-state index contributed by atoms with van der Waals surface area (Å²) in [5.41, 5.74) is 2.48. The number of aliphatic hydroxyl groups excluding tert-OH is 8. The van der Waals surface area contributed by atoms with Gasteiger partial charge in [-0.1, -0.05) is 64.5 Å². The predicted molar refractivity (Wildman–Crippen MR) is 120 cm³/mol. The van der Waals surface area contributed by atoms with Crippen LogP contribution in [0, 0.1) is 0 Å². The predicted octanol–water partition coefficient (Wildman–Crippen LogP) is -1.61. The summed E-state index contributed by atoms with van der Waals surface area (Å²) in [5.74, 6) is 0. The lowest BCUT2D eigenvalue weighted by Crippen LogP contribution is -2.56. The largest absolute Gasteiger partial charge is 0.387 e. The average molecular weight is 531 g/mol. The number of rotatable bonds is 10. The zero-order chi connectivity index (χ0) is 25.1. The lowest BCUT2D eigenvalue weighted by molar-refractivity contribution is -0.176. The van der Waals surface area contributed by atoms with Crippen molar-refractivity contribution >= 4 is 28.5 Å². The second kappa shape index (κ2) is 14.3. The first-order valence-corrected chi connectivity index (χ1v) is 10.5. The fourth-order valence-electron chi connectivity index (χ4n) is 2.69. The fourth-order valence-corrected chi connectivity index (χ4v) is 3.20. The van der Waals surface area contributed by atoms with E-state index >= 15 is 0 Å². The van der Waals surface area contributed by atoms with E-state index < -0.39 is 48.8 Å². The van der Waals surface area contributed by atoms with E-state index in [2.05, 4.69) is 52.3 Å². The van der Waals surface area contributed by atoms with Crippen LogP contribution < -0.4 is 0 Å². The van der Waals surface area contributed by atoms with Gasteiger partial charge in [0.15, 0.2) is 12.6 Å². The first-order valence-electron chi connectivity index (χ1n) is 9.71. The molecule has 11 heteroatoms. The van der Waals surface area contributed by atoms with Crippen molar-refractivity contribution < 1.29 is 50.4 Å². The normalized spacial score (nSPS) is 18.3. The number of halogens is 1. The molecule has 8 atom stereocenters. The highest BCUT2D eigenvalue weighted by Gasteiger charge is 2.40. The summed E-state index contributed by atoms with van der Waals surface area (Å²) in [5, 5.41) is 74.0. The maximum atomic E-state index is 10.2. The Bertz CT molecular complexity index is 822. The van der Waals surface area contributed by atoms with Crippen molar-refractivity contribution in [1.82, 2.24) is 0 Å². The Labute approximate surface area is 198 Å². The molecule has 0 bridgehead atoms. The van der Waals surface area contributed by atoms with Crippen LogP contribution in [-0.2, 0) is 9.59 Å². The summed E-state index contributed by atoms with van der Waals surface area (Å²) in [7, 11) is 0. The van der Waals surface area contributed by atoms with E-state index in [1.165, 1.54) is 11.1 Å². The quantitative estimate of drug-likeness (QED) is 0.165. The molecule has 0 amide bonds. The molecule has 0 radical (unpaired) electrons. The zero-order valence-corrected chi connectivity index (χ0v) is 18.8. The SMILES string of the molecule is Brc1ccccc1-c1ccccc1.O=CC(O)C(O)C(O)C(O)C(O)C(O)C(O)C(O)C=O. The van der Waals surface area contributed by atoms with Crippen LogP contribution in [0.4, 0.5) is 0 Å². The molecular formula is C22H27BrO10. The van der Waals surface area contributed by atoms with Crippen molar-refractivity contribution in [3.05, 3.63) is 59.1 Å². The Morgan fingerprint density at radius 2 is 0.909 bits per heavy atom. The maximum Gasteiger partial charge on any atom is 0.151 e. The van der Waals surface area contributed by atoms with E-state index in [9.17, 15) is 40.2 Å². The molecule has 8 N–H and O–H groups in total. The van der Waals surface area contributed by atoms with E-state index in [1.54, 1.807) is 0 Å². The summed E-state index contributed by atoms with van der Waals surface area (Å²) in [6.07, 6.45) is -17.7. The van der Waals surface area contributed by atoms with Crippen molar-refractivity contribution in [2.75, 3.05) is 0 Å². The molecule has 0 heterocycles. The molecule has 2 rings (SSSR count). The highest BCUT2D eigenvalue weighted by molar-refractivity contribution is 9.10. The van der Waals surface area contributed by atoms with Crippen molar-refractivity contribution in [3.8, 4) is 11.1 Å². The first-order chi connectivity index (χ1) is 15.6. The van der Waals surface area contributed by atoms with E-state index in [4.69, 9.17) is 10.2 Å². The molecule has 10 nitrogen and oxygen atoms in total. The number of hydrogen-bond donors (Lipinski definition) is 8. The number of benzene rings is 2. The van der Waals surface area contributed by atoms with Gasteiger partial charge in [0.05, 0.1) is 0 Å². The molecule has 0 aromatic heterocycles. The maximum absolute atomic E-state index is 10.2. The lowest BCUT2D eigenvalue weighted by Gasteiger charge is -2.31. The molecule has 8 unspecified atom stereocenters. The summed E-state index contributed by atoms with van der Waals surface area (Å²) in [6.45, 7) is 0. The van der Waals surface area contributed by atoms with Gasteiger partial charge in [0, 0.05) is 4.47 Å². The minimum atomic E-state index is -2.27. The molecule has 2 aromatic rings. The number of hydrogen-bond acceptors (Lipinski definition) is 10. The van der Waals surface area contributed by atoms with Gasteiger partial charge in [-0.2, -0.15) is 0 Å². The van der Waals surface area contributed by atoms with Crippen LogP contribution in [0.15, 0.2) is 59.1 Å². The lowest BCUT2D eigenvalue weighted by atomic mass is 9.93. The Kier molecular flexibility index (Phi) is 12.5. The molecule has 0 saturated heterocycles. The molecule has 2 aromatic carbocycles. The Hall–Kier alpha value is -2.06. The van der Waals surface area contributed by atoms with Gasteiger partial charge < -0.3 is 50.4 Å². The topological polar surface area (TPSA) is 196 Å². The van der Waals surface area contributed by atoms with E-state index in [0.717, 1.165) is 4.47 Å². The van der Waals surface area contributed by atoms with Gasteiger partial charge in [0.1, 0.15) is 48.8 Å². The van der Waals surface area contributed by atoms with Gasteiger partial charge >= 0.3 is 0 Å². The Morgan fingerprint density at radius 1 is 0.545 bits per heavy atom. The number of aldehydes is 2. The fraction of sp³-hybridized carbons (Fsp3) is 0.364. The summed E-state index contributed by atoms with van der Waals surface area (Å²) in [6, 6.07) is 18.6. The van der Waals surface area contributed by atoms with Crippen LogP contribution in [0.2, 0.25) is 0 Å². The van der Waals surface area contributed by atoms with E-state index in [-0.39, 0.29) is 12.6 Å². The monoisotopic (exact) mass is 530 g/mol. The van der Waals surface area contributed by atoms with Gasteiger partial charge in [-0.25, -0.2) is 0 Å². The van der Waals surface area contributed by atoms with Crippen LogP contribution in [0.5, 0.6) is 0 Å². The smallest absolute Gasteiger partial charge is 0.151 e. The molecule has 0 aliphatic carbocycles. The van der Waals surface area contributed by atoms with Crippen LogP contribution in [0.25, 0.3) is 11.1 Å². The highest BCUT2D eigenvalue weighted by atomic mass is 79.9. The van der Waals surface area contributed by atoms with Crippen molar-refractivity contribution in [1.29, 1.82) is 0 Å². The molecule has 182 valence electrons. The molecule has 0 aliphatic rings. The molecule has 0 spiro atoms. The van der Waals surface area contributed by atoms with Gasteiger partial charge in [0.25, 0.3) is 0 Å². The summed E-state index contributed by atoms with van der Waals surface area (Å²) < 4.78 is 1.14. The van der Waals surface area contributed by atoms with Crippen LogP contribution in [0.1, 0.15) is 0 Å². The van der Waals surface area contributed by atoms with Crippen molar-refractivity contribution in [2.24, 2.45) is 0 Å². The third-order valence-corrected chi connectivity index (χ3v) is 5.38. The number of aliphatic hydroxyl groups is 8. The molecule has 0 aliphatic heterocycles. The molecule has 33 heavy (non-hydrogen) atoms. The van der Waals surface area contributed by atoms with Crippen LogP contribution in [-0.4, -0.2) is 102 Å². The highest BCUT2D eigenvalue weighted by Crippen LogP contribution is 2.27. The average Bonchev–Trinajstić information content (AvgIpc) is 2.86. The summed E-state index contributed by atoms with van der Waals surface area (Å²) in [4.78, 5) is 20.4. The molecule has 0 fully saturated rings. The summed E-state index contributed by atoms with van der Waals surface area (Å²) >= 11 is 3.53. The Morgan fingerprint density at radius 3 is 1.30 bits per heavy atom. The standard InChI is InChI=1S/C12H9Br.C10H18O10/c13-12-9-5-4-8-11(12)10-6-2-1-3-7-10;11-1-3(13)5(15)7(17)9(19)10(20)8(18)6(16)4(14)2-12/h1-9H;1-10,13-20H. The zero-order valence-electron chi connectivity index (χ0n) is 17.2. The van der Waals surface area contributed by atoms with E-state index in [1.807, 2.05) is 18.2 Å². The molecule has 0 saturated carbocycles. The van der Waals surface area contributed by atoms with Gasteiger partial charge in [-0.3, -0.25) is 0 Å². The van der Waals surface area contributed by atoms with E-state index in [0.29, 0.717) is 0 Å². The third-order valence-electron chi connectivity index (χ3n) is 4.69. The van der Waals surface area contributed by atoms with Gasteiger partial charge in [-0.05, 0) is 17.2 Å². The Balaban J connectivity index is 0.000000357. The number of carbonyl (C=O) groups excluding carboxylic acids is 2.